The van der Waals surface area contributed by atoms with Gasteiger partial charge in [-0.2, -0.15) is 0 Å². The van der Waals surface area contributed by atoms with Crippen molar-refractivity contribution in [1.82, 2.24) is 4.90 Å². The molecule has 0 heterocycles. The predicted molar refractivity (Wildman–Crippen MR) is 57.7 cm³/mol. The molecule has 1 fully saturated rings. The first-order valence-corrected chi connectivity index (χ1v) is 5.61. The molecule has 1 rings (SSSR count). The van der Waals surface area contributed by atoms with Crippen molar-refractivity contribution in [2.75, 3.05) is 13.1 Å². The fourth-order valence-corrected chi connectivity index (χ4v) is 1.71. The molecule has 0 spiro atoms. The molecule has 0 aliphatic heterocycles. The normalized spacial score (nSPS) is 19.8. The summed E-state index contributed by atoms with van der Waals surface area (Å²) in [4.78, 5) is 2.60. The van der Waals surface area contributed by atoms with Crippen molar-refractivity contribution < 1.29 is 0 Å². The van der Waals surface area contributed by atoms with E-state index in [-0.39, 0.29) is 0 Å². The van der Waals surface area contributed by atoms with E-state index in [0.717, 1.165) is 18.5 Å². The summed E-state index contributed by atoms with van der Waals surface area (Å²) >= 11 is 0. The van der Waals surface area contributed by atoms with Crippen LogP contribution in [0.4, 0.5) is 0 Å². The summed E-state index contributed by atoms with van der Waals surface area (Å²) in [5, 5.41) is 0. The molecule has 1 aliphatic rings. The molecule has 13 heavy (non-hydrogen) atoms. The maximum absolute atomic E-state index is 5.70. The summed E-state index contributed by atoms with van der Waals surface area (Å²) in [6.07, 6.45) is 4.09. The zero-order chi connectivity index (χ0) is 9.84. The molecular weight excluding hydrogens is 160 g/mol. The minimum atomic E-state index is 0.575. The molecule has 2 nitrogen and oxygen atoms in total. The number of nitrogens with zero attached hydrogens (tertiary/aromatic N) is 1. The number of rotatable bonds is 6. The molecule has 1 atom stereocenters. The second-order valence-electron chi connectivity index (χ2n) is 4.74. The summed E-state index contributed by atoms with van der Waals surface area (Å²) < 4.78 is 0. The second-order valence-corrected chi connectivity index (χ2v) is 4.74. The first-order valence-electron chi connectivity index (χ1n) is 5.61. The maximum atomic E-state index is 5.70. The van der Waals surface area contributed by atoms with Gasteiger partial charge in [0, 0.05) is 18.6 Å². The van der Waals surface area contributed by atoms with Gasteiger partial charge in [-0.15, -0.1) is 0 Å². The number of hydrogen-bond donors (Lipinski definition) is 1. The highest BCUT2D eigenvalue weighted by Crippen LogP contribution is 2.28. The van der Waals surface area contributed by atoms with Gasteiger partial charge in [-0.3, -0.25) is 4.90 Å². The molecule has 2 heteroatoms. The van der Waals surface area contributed by atoms with E-state index in [0.29, 0.717) is 6.04 Å². The Morgan fingerprint density at radius 1 is 1.31 bits per heavy atom. The summed E-state index contributed by atoms with van der Waals surface area (Å²) in [6.45, 7) is 8.87. The van der Waals surface area contributed by atoms with Crippen molar-refractivity contribution in [3.63, 3.8) is 0 Å². The van der Waals surface area contributed by atoms with E-state index < -0.39 is 0 Å². The van der Waals surface area contributed by atoms with Gasteiger partial charge in [-0.25, -0.2) is 0 Å². The van der Waals surface area contributed by atoms with E-state index in [1.54, 1.807) is 0 Å². The third-order valence-corrected chi connectivity index (χ3v) is 2.89. The van der Waals surface area contributed by atoms with Crippen molar-refractivity contribution in [2.24, 2.45) is 11.7 Å². The average molecular weight is 184 g/mol. The highest BCUT2D eigenvalue weighted by Gasteiger charge is 2.31. The van der Waals surface area contributed by atoms with Crippen molar-refractivity contribution in [1.29, 1.82) is 0 Å². The average Bonchev–Trinajstić information content (AvgIpc) is 2.87. The Hall–Kier alpha value is -0.0800. The molecular formula is C11H24N2. The first-order chi connectivity index (χ1) is 6.15. The number of nitrogens with two attached hydrogens (primary N) is 1. The predicted octanol–water partition coefficient (Wildman–Crippen LogP) is 1.84. The lowest BCUT2D eigenvalue weighted by Gasteiger charge is -2.28. The van der Waals surface area contributed by atoms with E-state index in [1.807, 2.05) is 0 Å². The standard InChI is InChI=1S/C11H24N2/c1-9(2)6-7-13(10(3)8-12)11-4-5-11/h9-11H,4-8,12H2,1-3H3. The van der Waals surface area contributed by atoms with Crippen molar-refractivity contribution in [3.05, 3.63) is 0 Å². The summed E-state index contributed by atoms with van der Waals surface area (Å²) in [5.74, 6) is 0.811. The van der Waals surface area contributed by atoms with E-state index in [4.69, 9.17) is 5.73 Å². The molecule has 1 aliphatic carbocycles. The van der Waals surface area contributed by atoms with Crippen LogP contribution in [0.1, 0.15) is 40.0 Å². The van der Waals surface area contributed by atoms with Gasteiger partial charge in [-0.05, 0) is 38.6 Å². The van der Waals surface area contributed by atoms with Crippen LogP contribution in [0.5, 0.6) is 0 Å². The Labute approximate surface area is 82.5 Å². The van der Waals surface area contributed by atoms with E-state index in [2.05, 4.69) is 25.7 Å². The Morgan fingerprint density at radius 3 is 2.31 bits per heavy atom. The van der Waals surface area contributed by atoms with Gasteiger partial charge in [0.15, 0.2) is 0 Å². The smallest absolute Gasteiger partial charge is 0.0193 e. The zero-order valence-electron chi connectivity index (χ0n) is 9.29. The lowest BCUT2D eigenvalue weighted by molar-refractivity contribution is 0.192. The van der Waals surface area contributed by atoms with Gasteiger partial charge in [0.25, 0.3) is 0 Å². The molecule has 0 aromatic rings. The molecule has 0 bridgehead atoms. The Morgan fingerprint density at radius 2 is 1.92 bits per heavy atom. The third kappa shape index (κ3) is 3.65. The van der Waals surface area contributed by atoms with Crippen LogP contribution in [-0.2, 0) is 0 Å². The van der Waals surface area contributed by atoms with Gasteiger partial charge in [-0.1, -0.05) is 13.8 Å². The highest BCUT2D eigenvalue weighted by molar-refractivity contribution is 4.87. The lowest BCUT2D eigenvalue weighted by atomic mass is 10.1. The van der Waals surface area contributed by atoms with E-state index in [9.17, 15) is 0 Å². The summed E-state index contributed by atoms with van der Waals surface area (Å²) in [5.41, 5.74) is 5.70. The zero-order valence-corrected chi connectivity index (χ0v) is 9.29. The summed E-state index contributed by atoms with van der Waals surface area (Å²) in [6, 6.07) is 1.43. The largest absolute Gasteiger partial charge is 0.329 e. The van der Waals surface area contributed by atoms with E-state index in [1.165, 1.54) is 25.8 Å². The SMILES string of the molecule is CC(C)CCN(C(C)CN)C1CC1. The molecule has 1 saturated carbocycles. The van der Waals surface area contributed by atoms with Crippen molar-refractivity contribution >= 4 is 0 Å². The van der Waals surface area contributed by atoms with Gasteiger partial charge >= 0.3 is 0 Å². The van der Waals surface area contributed by atoms with Crippen LogP contribution in [-0.4, -0.2) is 30.1 Å². The minimum absolute atomic E-state index is 0.575. The van der Waals surface area contributed by atoms with Crippen molar-refractivity contribution in [3.8, 4) is 0 Å². The molecule has 0 aromatic carbocycles. The topological polar surface area (TPSA) is 29.3 Å². The molecule has 1 unspecified atom stereocenters. The van der Waals surface area contributed by atoms with Crippen LogP contribution in [0.3, 0.4) is 0 Å². The van der Waals surface area contributed by atoms with Gasteiger partial charge in [0.2, 0.25) is 0 Å². The summed E-state index contributed by atoms with van der Waals surface area (Å²) in [7, 11) is 0. The fraction of sp³-hybridized carbons (Fsp3) is 1.00. The lowest BCUT2D eigenvalue weighted by Crippen LogP contribution is -2.40. The van der Waals surface area contributed by atoms with Crippen LogP contribution in [0.2, 0.25) is 0 Å². The van der Waals surface area contributed by atoms with Crippen LogP contribution in [0.15, 0.2) is 0 Å². The van der Waals surface area contributed by atoms with E-state index >= 15 is 0 Å². The van der Waals surface area contributed by atoms with Gasteiger partial charge in [0.1, 0.15) is 0 Å². The monoisotopic (exact) mass is 184 g/mol. The molecule has 0 radical (unpaired) electrons. The van der Waals surface area contributed by atoms with Crippen LogP contribution < -0.4 is 5.73 Å². The molecule has 78 valence electrons. The molecule has 0 amide bonds. The van der Waals surface area contributed by atoms with Gasteiger partial charge in [0.05, 0.1) is 0 Å². The van der Waals surface area contributed by atoms with Gasteiger partial charge < -0.3 is 5.73 Å². The molecule has 2 N–H and O–H groups in total. The minimum Gasteiger partial charge on any atom is -0.329 e. The fourth-order valence-electron chi connectivity index (χ4n) is 1.71. The van der Waals surface area contributed by atoms with Crippen LogP contribution in [0.25, 0.3) is 0 Å². The second kappa shape index (κ2) is 4.97. The Kier molecular flexibility index (Phi) is 4.20. The maximum Gasteiger partial charge on any atom is 0.0193 e. The third-order valence-electron chi connectivity index (χ3n) is 2.89. The molecule has 0 saturated heterocycles. The molecule has 0 aromatic heterocycles. The number of hydrogen-bond acceptors (Lipinski definition) is 2. The highest BCUT2D eigenvalue weighted by atomic mass is 15.2. The first kappa shape index (κ1) is 11.0. The Bertz CT molecular complexity index is 141. The van der Waals surface area contributed by atoms with Crippen LogP contribution in [0, 0.1) is 5.92 Å². The Balaban J connectivity index is 2.29. The van der Waals surface area contributed by atoms with Crippen LogP contribution >= 0.6 is 0 Å². The van der Waals surface area contributed by atoms with Crippen molar-refractivity contribution in [2.45, 2.75) is 52.1 Å². The quantitative estimate of drug-likeness (QED) is 0.682.